The number of carbonyl (C=O) groups excluding carboxylic acids is 1. The zero-order valence-corrected chi connectivity index (χ0v) is 23.7. The molecule has 2 aromatic carbocycles. The van der Waals surface area contributed by atoms with Crippen LogP contribution in [0.25, 0.3) is 10.2 Å². The second kappa shape index (κ2) is 13.1. The van der Waals surface area contributed by atoms with E-state index in [9.17, 15) is 13.2 Å². The van der Waals surface area contributed by atoms with Crippen molar-refractivity contribution in [2.45, 2.75) is 11.3 Å². The lowest BCUT2D eigenvalue weighted by Gasteiger charge is -2.27. The van der Waals surface area contributed by atoms with Gasteiger partial charge in [-0.15, -0.1) is 12.4 Å². The van der Waals surface area contributed by atoms with E-state index in [1.165, 1.54) is 42.6 Å². The Morgan fingerprint density at radius 3 is 2.49 bits per heavy atom. The number of sulfone groups is 1. The molecule has 1 amide bonds. The molecule has 0 saturated carbocycles. The van der Waals surface area contributed by atoms with Crippen molar-refractivity contribution in [3.63, 3.8) is 0 Å². The third-order valence-corrected chi connectivity index (χ3v) is 9.05. The van der Waals surface area contributed by atoms with Crippen molar-refractivity contribution in [3.05, 3.63) is 41.4 Å². The minimum atomic E-state index is -3.88. The van der Waals surface area contributed by atoms with Gasteiger partial charge >= 0.3 is 0 Å². The summed E-state index contributed by atoms with van der Waals surface area (Å²) in [4.78, 5) is 21.8. The number of hydrogen-bond donors (Lipinski definition) is 0. The number of fused-ring (bicyclic) bond motifs is 1. The summed E-state index contributed by atoms with van der Waals surface area (Å²) >= 11 is 7.63. The Morgan fingerprint density at radius 2 is 1.84 bits per heavy atom. The molecule has 0 spiro atoms. The minimum absolute atomic E-state index is 0. The number of carbonyl (C=O) groups is 1. The van der Waals surface area contributed by atoms with Gasteiger partial charge in [-0.2, -0.15) is 0 Å². The van der Waals surface area contributed by atoms with Crippen molar-refractivity contribution in [1.29, 1.82) is 0 Å². The van der Waals surface area contributed by atoms with Crippen LogP contribution < -0.4 is 14.4 Å². The number of amides is 1. The molecule has 13 heteroatoms. The number of anilines is 1. The maximum atomic E-state index is 13.4. The molecule has 2 heterocycles. The summed E-state index contributed by atoms with van der Waals surface area (Å²) in [6.45, 7) is 4.08. The number of morpholine rings is 1. The molecule has 0 N–H and O–H groups in total. The summed E-state index contributed by atoms with van der Waals surface area (Å²) in [7, 11) is -0.845. The topological polar surface area (TPSA) is 98.3 Å². The van der Waals surface area contributed by atoms with Gasteiger partial charge in [-0.1, -0.05) is 22.9 Å². The van der Waals surface area contributed by atoms with Gasteiger partial charge in [0.05, 0.1) is 42.1 Å². The fourth-order valence-corrected chi connectivity index (χ4v) is 6.43. The lowest BCUT2D eigenvalue weighted by Crippen LogP contribution is -2.40. The average molecular weight is 591 g/mol. The van der Waals surface area contributed by atoms with Crippen molar-refractivity contribution in [2.24, 2.45) is 0 Å². The van der Waals surface area contributed by atoms with Crippen molar-refractivity contribution >= 4 is 66.4 Å². The number of methoxy groups -OCH3 is 2. The van der Waals surface area contributed by atoms with Crippen LogP contribution >= 0.6 is 35.3 Å². The van der Waals surface area contributed by atoms with E-state index in [4.69, 9.17) is 25.8 Å². The second-order valence-electron chi connectivity index (χ2n) is 8.21. The summed E-state index contributed by atoms with van der Waals surface area (Å²) in [5, 5.41) is 0.870. The smallest absolute Gasteiger partial charge is 0.244 e. The highest BCUT2D eigenvalue weighted by Gasteiger charge is 2.27. The number of ether oxygens (including phenoxy) is 3. The first-order valence-corrected chi connectivity index (χ1v) is 14.3. The molecule has 0 atom stereocenters. The molecule has 1 fully saturated rings. The maximum absolute atomic E-state index is 13.4. The number of hydrogen-bond acceptors (Lipinski definition) is 9. The van der Waals surface area contributed by atoms with Gasteiger partial charge in [-0.25, -0.2) is 13.4 Å². The normalized spacial score (nSPS) is 14.2. The highest BCUT2D eigenvalue weighted by Crippen LogP contribution is 2.39. The Balaban J connectivity index is 0.00000380. The number of rotatable bonds is 10. The summed E-state index contributed by atoms with van der Waals surface area (Å²) in [5.41, 5.74) is 0.536. The Labute approximate surface area is 231 Å². The fourth-order valence-electron chi connectivity index (χ4n) is 3.93. The van der Waals surface area contributed by atoms with Crippen molar-refractivity contribution in [2.75, 3.05) is 64.3 Å². The molecular formula is C24H29Cl2N3O6S2. The third kappa shape index (κ3) is 7.04. The fraction of sp³-hybridized carbons (Fsp3) is 0.417. The first-order chi connectivity index (χ1) is 17.3. The molecule has 0 unspecified atom stereocenters. The van der Waals surface area contributed by atoms with Crippen molar-refractivity contribution in [3.8, 4) is 11.5 Å². The van der Waals surface area contributed by atoms with Crippen molar-refractivity contribution in [1.82, 2.24) is 9.88 Å². The predicted molar refractivity (Wildman–Crippen MR) is 148 cm³/mol. The monoisotopic (exact) mass is 589 g/mol. The van der Waals surface area contributed by atoms with Gasteiger partial charge in [0.15, 0.2) is 15.0 Å². The molecule has 1 aliphatic rings. The zero-order valence-electron chi connectivity index (χ0n) is 20.5. The van der Waals surface area contributed by atoms with Gasteiger partial charge in [0, 0.05) is 26.2 Å². The number of aromatic nitrogens is 1. The first kappa shape index (κ1) is 29.4. The van der Waals surface area contributed by atoms with Crippen LogP contribution in [-0.2, 0) is 19.4 Å². The molecule has 3 aromatic rings. The molecular weight excluding hydrogens is 561 g/mol. The van der Waals surface area contributed by atoms with Crippen LogP contribution in [0.2, 0.25) is 5.02 Å². The third-order valence-electron chi connectivity index (χ3n) is 5.89. The number of thiazole rings is 1. The Bertz CT molecular complexity index is 1310. The van der Waals surface area contributed by atoms with Gasteiger partial charge in [-0.05, 0) is 42.8 Å². The quantitative estimate of drug-likeness (QED) is 0.351. The SMILES string of the molecule is COc1ccc(S(=O)(=O)CC(=O)N(CCCN2CCOCC2)c2nc3c(OC)ccc(Cl)c3s2)cc1.Cl. The van der Waals surface area contributed by atoms with Gasteiger partial charge in [0.25, 0.3) is 0 Å². The second-order valence-corrected chi connectivity index (χ2v) is 11.6. The van der Waals surface area contributed by atoms with Gasteiger partial charge in [0.2, 0.25) is 5.91 Å². The van der Waals surface area contributed by atoms with Gasteiger partial charge in [0.1, 0.15) is 22.8 Å². The van der Waals surface area contributed by atoms with Crippen LogP contribution in [-0.4, -0.2) is 83.6 Å². The van der Waals surface area contributed by atoms with Gasteiger partial charge in [-0.3, -0.25) is 14.6 Å². The predicted octanol–water partition coefficient (Wildman–Crippen LogP) is 3.92. The average Bonchev–Trinajstić information content (AvgIpc) is 3.33. The molecule has 37 heavy (non-hydrogen) atoms. The minimum Gasteiger partial charge on any atom is -0.497 e. The van der Waals surface area contributed by atoms with Crippen LogP contribution in [0.1, 0.15) is 6.42 Å². The van der Waals surface area contributed by atoms with E-state index in [0.29, 0.717) is 58.0 Å². The number of benzene rings is 2. The van der Waals surface area contributed by atoms with E-state index in [1.54, 1.807) is 24.3 Å². The highest BCUT2D eigenvalue weighted by molar-refractivity contribution is 7.92. The van der Waals surface area contributed by atoms with E-state index in [0.717, 1.165) is 19.6 Å². The molecule has 0 bridgehead atoms. The largest absolute Gasteiger partial charge is 0.497 e. The van der Waals surface area contributed by atoms with Crippen LogP contribution in [0, 0.1) is 0 Å². The zero-order chi connectivity index (χ0) is 25.7. The van der Waals surface area contributed by atoms with Crippen LogP contribution in [0.5, 0.6) is 11.5 Å². The molecule has 9 nitrogen and oxygen atoms in total. The summed E-state index contributed by atoms with van der Waals surface area (Å²) in [6, 6.07) is 9.41. The molecule has 0 radical (unpaired) electrons. The Kier molecular flexibility index (Phi) is 10.4. The summed E-state index contributed by atoms with van der Waals surface area (Å²) in [5.74, 6) is -0.173. The summed E-state index contributed by atoms with van der Waals surface area (Å²) < 4.78 is 42.7. The first-order valence-electron chi connectivity index (χ1n) is 11.4. The molecule has 4 rings (SSSR count). The summed E-state index contributed by atoms with van der Waals surface area (Å²) in [6.07, 6.45) is 0.648. The Hall–Kier alpha value is -2.15. The number of halogens is 2. The van der Waals surface area contributed by atoms with E-state index < -0.39 is 21.5 Å². The van der Waals surface area contributed by atoms with E-state index in [-0.39, 0.29) is 17.3 Å². The van der Waals surface area contributed by atoms with E-state index in [2.05, 4.69) is 9.88 Å². The lowest BCUT2D eigenvalue weighted by atomic mass is 10.3. The lowest BCUT2D eigenvalue weighted by molar-refractivity contribution is -0.116. The molecule has 202 valence electrons. The number of nitrogens with zero attached hydrogens (tertiary/aromatic N) is 3. The van der Waals surface area contributed by atoms with E-state index in [1.807, 2.05) is 0 Å². The highest BCUT2D eigenvalue weighted by atomic mass is 35.5. The standard InChI is InChI=1S/C24H28ClN3O6S2.ClH/c1-32-17-4-6-18(7-5-17)36(30,31)16-21(29)28(11-3-10-27-12-14-34-15-13-27)24-26-22-20(33-2)9-8-19(25)23(22)35-24;/h4-9H,3,10-16H2,1-2H3;1H. The maximum Gasteiger partial charge on any atom is 0.244 e. The molecule has 1 saturated heterocycles. The molecule has 1 aromatic heterocycles. The molecule has 0 aliphatic carbocycles. The van der Waals surface area contributed by atoms with Crippen molar-refractivity contribution < 1.29 is 27.4 Å². The molecule has 1 aliphatic heterocycles. The van der Waals surface area contributed by atoms with Crippen LogP contribution in [0.3, 0.4) is 0 Å². The van der Waals surface area contributed by atoms with Gasteiger partial charge < -0.3 is 14.2 Å². The Morgan fingerprint density at radius 1 is 1.14 bits per heavy atom. The van der Waals surface area contributed by atoms with Crippen LogP contribution in [0.15, 0.2) is 41.3 Å². The van der Waals surface area contributed by atoms with E-state index >= 15 is 0 Å². The van der Waals surface area contributed by atoms with Crippen LogP contribution in [0.4, 0.5) is 5.13 Å².